The van der Waals surface area contributed by atoms with Crippen molar-refractivity contribution in [2.75, 3.05) is 32.9 Å². The van der Waals surface area contributed by atoms with E-state index in [0.29, 0.717) is 29.9 Å². The minimum atomic E-state index is -3.23. The van der Waals surface area contributed by atoms with Gasteiger partial charge in [-0.15, -0.1) is 24.0 Å². The van der Waals surface area contributed by atoms with Crippen LogP contribution in [0.1, 0.15) is 25.3 Å². The van der Waals surface area contributed by atoms with E-state index in [9.17, 15) is 8.42 Å². The third-order valence-electron chi connectivity index (χ3n) is 5.09. The molecule has 31 heavy (non-hydrogen) atoms. The second-order valence-corrected chi connectivity index (χ2v) is 9.56. The number of benzene rings is 2. The van der Waals surface area contributed by atoms with Crippen molar-refractivity contribution >= 4 is 39.8 Å². The lowest BCUT2D eigenvalue weighted by molar-refractivity contribution is 0.238. The molecule has 2 aromatic rings. The number of nitrogens with one attached hydrogen (secondary N) is 2. The predicted molar refractivity (Wildman–Crippen MR) is 140 cm³/mol. The van der Waals surface area contributed by atoms with Crippen LogP contribution in [0.3, 0.4) is 0 Å². The van der Waals surface area contributed by atoms with Gasteiger partial charge >= 0.3 is 0 Å². The van der Waals surface area contributed by atoms with Gasteiger partial charge in [0.05, 0.1) is 10.6 Å². The maximum Gasteiger partial charge on any atom is 0.190 e. The normalized spacial score (nSPS) is 12.8. The zero-order valence-corrected chi connectivity index (χ0v) is 21.8. The van der Waals surface area contributed by atoms with E-state index < -0.39 is 9.84 Å². The fraction of sp³-hybridized carbons (Fsp3) is 0.435. The first kappa shape index (κ1) is 27.4. The van der Waals surface area contributed by atoms with E-state index in [4.69, 9.17) is 0 Å². The Bertz CT molecular complexity index is 877. The minimum absolute atomic E-state index is 0. The Morgan fingerprint density at radius 1 is 1.00 bits per heavy atom. The Balaban J connectivity index is 0.00000480. The zero-order chi connectivity index (χ0) is 21.8. The van der Waals surface area contributed by atoms with Gasteiger partial charge in [0.25, 0.3) is 0 Å². The van der Waals surface area contributed by atoms with Gasteiger partial charge in [0, 0.05) is 32.7 Å². The van der Waals surface area contributed by atoms with E-state index in [1.165, 1.54) is 5.56 Å². The molecule has 2 N–H and O–H groups in total. The maximum atomic E-state index is 12.3. The molecule has 0 fully saturated rings. The summed E-state index contributed by atoms with van der Waals surface area (Å²) in [6, 6.07) is 19.5. The van der Waals surface area contributed by atoms with Gasteiger partial charge in [-0.25, -0.2) is 8.42 Å². The van der Waals surface area contributed by atoms with Crippen LogP contribution in [-0.4, -0.2) is 58.3 Å². The highest BCUT2D eigenvalue weighted by Crippen LogP contribution is 2.11. The fourth-order valence-corrected chi connectivity index (χ4v) is 4.41. The molecule has 1 atom stereocenters. The quantitative estimate of drug-likeness (QED) is 0.191. The molecular formula is C23H35IN4O2S. The van der Waals surface area contributed by atoms with Gasteiger partial charge in [-0.1, -0.05) is 48.5 Å². The van der Waals surface area contributed by atoms with Gasteiger partial charge in [0.1, 0.15) is 0 Å². The molecule has 0 aliphatic heterocycles. The minimum Gasteiger partial charge on any atom is -0.356 e. The van der Waals surface area contributed by atoms with Crippen molar-refractivity contribution in [2.24, 2.45) is 4.99 Å². The van der Waals surface area contributed by atoms with E-state index >= 15 is 0 Å². The molecule has 0 amide bonds. The molecule has 0 aromatic heterocycles. The summed E-state index contributed by atoms with van der Waals surface area (Å²) in [4.78, 5) is 6.93. The number of guanidine groups is 1. The van der Waals surface area contributed by atoms with Crippen LogP contribution in [0.2, 0.25) is 0 Å². The zero-order valence-electron chi connectivity index (χ0n) is 18.6. The highest BCUT2D eigenvalue weighted by molar-refractivity contribution is 14.0. The van der Waals surface area contributed by atoms with Gasteiger partial charge < -0.3 is 10.6 Å². The molecule has 2 rings (SSSR count). The molecule has 8 heteroatoms. The topological polar surface area (TPSA) is 73.8 Å². The summed E-state index contributed by atoms with van der Waals surface area (Å²) in [6.07, 6.45) is 1.50. The Morgan fingerprint density at radius 3 is 2.19 bits per heavy atom. The molecule has 0 heterocycles. The first-order chi connectivity index (χ1) is 14.4. The van der Waals surface area contributed by atoms with Crippen molar-refractivity contribution < 1.29 is 8.42 Å². The Labute approximate surface area is 204 Å². The molecule has 1 unspecified atom stereocenters. The first-order valence-corrected chi connectivity index (χ1v) is 12.0. The van der Waals surface area contributed by atoms with Gasteiger partial charge in [0.15, 0.2) is 15.8 Å². The number of hydrogen-bond acceptors (Lipinski definition) is 4. The number of aliphatic imine (C=N–C) groups is 1. The second-order valence-electron chi connectivity index (χ2n) is 7.45. The van der Waals surface area contributed by atoms with Crippen LogP contribution in [0.15, 0.2) is 70.6 Å². The van der Waals surface area contributed by atoms with E-state index in [1.807, 2.05) is 12.1 Å². The molecule has 0 aliphatic rings. The molecule has 0 bridgehead atoms. The molecule has 0 radical (unpaired) electrons. The van der Waals surface area contributed by atoms with Crippen LogP contribution in [0.4, 0.5) is 0 Å². The van der Waals surface area contributed by atoms with E-state index in [0.717, 1.165) is 19.5 Å². The highest BCUT2D eigenvalue weighted by atomic mass is 127. The summed E-state index contributed by atoms with van der Waals surface area (Å²) < 4.78 is 24.6. The van der Waals surface area contributed by atoms with Crippen molar-refractivity contribution in [1.82, 2.24) is 15.5 Å². The van der Waals surface area contributed by atoms with Gasteiger partial charge in [-0.2, -0.15) is 0 Å². The Hall–Kier alpha value is -1.65. The van der Waals surface area contributed by atoms with Gasteiger partial charge in [0.2, 0.25) is 0 Å². The second kappa shape index (κ2) is 14.4. The van der Waals surface area contributed by atoms with Crippen molar-refractivity contribution in [3.63, 3.8) is 0 Å². The SMILES string of the molecule is CN=C(NCCCS(=O)(=O)c1ccccc1)NCCC(C)N(C)Cc1ccccc1.I. The van der Waals surface area contributed by atoms with Crippen LogP contribution in [-0.2, 0) is 16.4 Å². The first-order valence-electron chi connectivity index (χ1n) is 10.4. The lowest BCUT2D eigenvalue weighted by Gasteiger charge is -2.25. The average Bonchev–Trinajstić information content (AvgIpc) is 2.76. The number of sulfone groups is 1. The van der Waals surface area contributed by atoms with E-state index in [-0.39, 0.29) is 29.7 Å². The molecule has 0 saturated carbocycles. The van der Waals surface area contributed by atoms with Crippen LogP contribution >= 0.6 is 24.0 Å². The standard InChI is InChI=1S/C23H34N4O2S.HI/c1-20(27(3)19-21-11-6-4-7-12-21)15-17-26-23(24-2)25-16-10-18-30(28,29)22-13-8-5-9-14-22;/h4-9,11-14,20H,10,15-19H2,1-3H3,(H2,24,25,26);1H. The summed E-state index contributed by atoms with van der Waals surface area (Å²) in [5.41, 5.74) is 1.31. The largest absolute Gasteiger partial charge is 0.356 e. The lowest BCUT2D eigenvalue weighted by Crippen LogP contribution is -2.40. The highest BCUT2D eigenvalue weighted by Gasteiger charge is 2.13. The molecular weight excluding hydrogens is 523 g/mol. The van der Waals surface area contributed by atoms with Crippen molar-refractivity contribution in [3.05, 3.63) is 66.2 Å². The van der Waals surface area contributed by atoms with Crippen LogP contribution in [0, 0.1) is 0 Å². The average molecular weight is 559 g/mol. The van der Waals surface area contributed by atoms with Gasteiger partial charge in [-0.05, 0) is 44.5 Å². The molecule has 172 valence electrons. The third-order valence-corrected chi connectivity index (χ3v) is 6.91. The molecule has 2 aromatic carbocycles. The fourth-order valence-electron chi connectivity index (χ4n) is 3.08. The van der Waals surface area contributed by atoms with Crippen molar-refractivity contribution in [2.45, 2.75) is 37.2 Å². The Morgan fingerprint density at radius 2 is 1.58 bits per heavy atom. The summed E-state index contributed by atoms with van der Waals surface area (Å²) in [5.74, 6) is 0.813. The number of rotatable bonds is 11. The molecule has 0 saturated heterocycles. The lowest BCUT2D eigenvalue weighted by atomic mass is 10.1. The number of nitrogens with zero attached hydrogens (tertiary/aromatic N) is 2. The Kier molecular flexibility index (Phi) is 12.7. The van der Waals surface area contributed by atoms with Crippen LogP contribution < -0.4 is 10.6 Å². The van der Waals surface area contributed by atoms with E-state index in [1.54, 1.807) is 31.3 Å². The van der Waals surface area contributed by atoms with Crippen molar-refractivity contribution in [3.8, 4) is 0 Å². The smallest absolute Gasteiger partial charge is 0.190 e. The van der Waals surface area contributed by atoms with Gasteiger partial charge in [-0.3, -0.25) is 9.89 Å². The van der Waals surface area contributed by atoms with Crippen LogP contribution in [0.5, 0.6) is 0 Å². The molecule has 0 aliphatic carbocycles. The molecule has 6 nitrogen and oxygen atoms in total. The summed E-state index contributed by atoms with van der Waals surface area (Å²) in [5, 5.41) is 6.51. The van der Waals surface area contributed by atoms with E-state index in [2.05, 4.69) is 58.8 Å². The molecule has 0 spiro atoms. The predicted octanol–water partition coefficient (Wildman–Crippen LogP) is 3.54. The summed E-state index contributed by atoms with van der Waals surface area (Å²) >= 11 is 0. The third kappa shape index (κ3) is 10.0. The maximum absolute atomic E-state index is 12.3. The van der Waals surface area contributed by atoms with Crippen LogP contribution in [0.25, 0.3) is 0 Å². The number of halogens is 1. The summed E-state index contributed by atoms with van der Waals surface area (Å²) in [6.45, 7) is 4.48. The van der Waals surface area contributed by atoms with Crippen molar-refractivity contribution in [1.29, 1.82) is 0 Å². The summed E-state index contributed by atoms with van der Waals surface area (Å²) in [7, 11) is 0.626. The monoisotopic (exact) mass is 558 g/mol. The number of hydrogen-bond donors (Lipinski definition) is 2.